The van der Waals surface area contributed by atoms with Gasteiger partial charge in [0.05, 0.1) is 18.2 Å². The van der Waals surface area contributed by atoms with Crippen molar-refractivity contribution in [3.8, 4) is 10.6 Å². The van der Waals surface area contributed by atoms with E-state index in [9.17, 15) is 9.59 Å². The van der Waals surface area contributed by atoms with E-state index in [0.717, 1.165) is 15.4 Å². The van der Waals surface area contributed by atoms with E-state index in [2.05, 4.69) is 15.3 Å². The Kier molecular flexibility index (Phi) is 6.08. The minimum atomic E-state index is -0.480. The maximum absolute atomic E-state index is 11.9. The summed E-state index contributed by atoms with van der Waals surface area (Å²) in [4.78, 5) is 33.3. The predicted octanol–water partition coefficient (Wildman–Crippen LogP) is 3.23. The van der Waals surface area contributed by atoms with Gasteiger partial charge in [0, 0.05) is 28.2 Å². The maximum atomic E-state index is 11.9. The third-order valence-electron chi connectivity index (χ3n) is 3.50. The Balaban J connectivity index is 1.46. The van der Waals surface area contributed by atoms with Crippen molar-refractivity contribution in [1.82, 2.24) is 15.3 Å². The standard InChI is InChI=1S/C18H17N3O3S2/c1-12(15-5-3-7-25-15)20-16(22)10-24-17(23)8-14-11-26-18(21-14)13-4-2-6-19-9-13/h2-7,9,11-12H,8,10H2,1H3,(H,20,22)/t12-/m0/s1. The molecule has 1 N–H and O–H groups in total. The molecule has 3 heterocycles. The Morgan fingerprint density at radius 1 is 1.27 bits per heavy atom. The Morgan fingerprint density at radius 2 is 2.15 bits per heavy atom. The molecule has 0 aliphatic heterocycles. The normalized spacial score (nSPS) is 11.7. The molecular formula is C18H17N3O3S2. The molecule has 26 heavy (non-hydrogen) atoms. The molecule has 0 radical (unpaired) electrons. The van der Waals surface area contributed by atoms with Gasteiger partial charge in [-0.25, -0.2) is 4.98 Å². The minimum Gasteiger partial charge on any atom is -0.455 e. The van der Waals surface area contributed by atoms with Crippen molar-refractivity contribution in [2.24, 2.45) is 0 Å². The van der Waals surface area contributed by atoms with Crippen LogP contribution in [0.1, 0.15) is 23.5 Å². The first-order valence-electron chi connectivity index (χ1n) is 7.95. The predicted molar refractivity (Wildman–Crippen MR) is 101 cm³/mol. The number of rotatable bonds is 7. The molecule has 134 valence electrons. The van der Waals surface area contributed by atoms with Crippen LogP contribution in [0.3, 0.4) is 0 Å². The van der Waals surface area contributed by atoms with Gasteiger partial charge < -0.3 is 10.1 Å². The van der Waals surface area contributed by atoms with E-state index in [1.54, 1.807) is 23.7 Å². The van der Waals surface area contributed by atoms with Crippen LogP contribution in [0.2, 0.25) is 0 Å². The number of nitrogens with zero attached hydrogens (tertiary/aromatic N) is 2. The van der Waals surface area contributed by atoms with Crippen molar-refractivity contribution < 1.29 is 14.3 Å². The van der Waals surface area contributed by atoms with Crippen LogP contribution in [0.25, 0.3) is 10.6 Å². The van der Waals surface area contributed by atoms with Gasteiger partial charge in [0.1, 0.15) is 5.01 Å². The fraction of sp³-hybridized carbons (Fsp3) is 0.222. The smallest absolute Gasteiger partial charge is 0.312 e. The molecule has 0 spiro atoms. The lowest BCUT2D eigenvalue weighted by Crippen LogP contribution is -2.31. The number of aromatic nitrogens is 2. The summed E-state index contributed by atoms with van der Waals surface area (Å²) in [5.74, 6) is -0.805. The maximum Gasteiger partial charge on any atom is 0.312 e. The van der Waals surface area contributed by atoms with Crippen molar-refractivity contribution in [2.75, 3.05) is 6.61 Å². The van der Waals surface area contributed by atoms with E-state index in [1.807, 2.05) is 41.9 Å². The fourth-order valence-corrected chi connectivity index (χ4v) is 3.79. The minimum absolute atomic E-state index is 0.0323. The first-order valence-corrected chi connectivity index (χ1v) is 9.71. The molecule has 6 nitrogen and oxygen atoms in total. The van der Waals surface area contributed by atoms with Gasteiger partial charge in [-0.3, -0.25) is 14.6 Å². The molecule has 1 amide bonds. The van der Waals surface area contributed by atoms with Gasteiger partial charge in [0.25, 0.3) is 5.91 Å². The molecule has 0 unspecified atom stereocenters. The van der Waals surface area contributed by atoms with Crippen LogP contribution in [0.15, 0.2) is 47.4 Å². The van der Waals surface area contributed by atoms with Crippen LogP contribution in [0.5, 0.6) is 0 Å². The number of amides is 1. The highest BCUT2D eigenvalue weighted by atomic mass is 32.1. The number of nitrogens with one attached hydrogen (secondary N) is 1. The highest BCUT2D eigenvalue weighted by molar-refractivity contribution is 7.13. The van der Waals surface area contributed by atoms with Gasteiger partial charge in [-0.2, -0.15) is 0 Å². The Labute approximate surface area is 158 Å². The zero-order chi connectivity index (χ0) is 18.4. The molecule has 8 heteroatoms. The highest BCUT2D eigenvalue weighted by Gasteiger charge is 2.14. The summed E-state index contributed by atoms with van der Waals surface area (Å²) in [5.41, 5.74) is 1.52. The van der Waals surface area contributed by atoms with Crippen LogP contribution < -0.4 is 5.32 Å². The van der Waals surface area contributed by atoms with Gasteiger partial charge >= 0.3 is 5.97 Å². The lowest BCUT2D eigenvalue weighted by Gasteiger charge is -2.12. The van der Waals surface area contributed by atoms with Crippen LogP contribution in [0.4, 0.5) is 0 Å². The molecule has 3 aromatic heterocycles. The average Bonchev–Trinajstić information content (AvgIpc) is 3.33. The second-order valence-electron chi connectivity index (χ2n) is 5.53. The van der Waals surface area contributed by atoms with E-state index in [-0.39, 0.29) is 25.0 Å². The quantitative estimate of drug-likeness (QED) is 0.630. The number of carbonyl (C=O) groups excluding carboxylic acids is 2. The van der Waals surface area contributed by atoms with E-state index < -0.39 is 5.97 Å². The number of ether oxygens (including phenoxy) is 1. The van der Waals surface area contributed by atoms with Crippen LogP contribution in [0, 0.1) is 0 Å². The molecule has 0 aliphatic rings. The second kappa shape index (κ2) is 8.68. The summed E-state index contributed by atoms with van der Waals surface area (Å²) in [5, 5.41) is 7.35. The molecule has 0 saturated heterocycles. The zero-order valence-electron chi connectivity index (χ0n) is 14.0. The molecule has 0 fully saturated rings. The molecule has 0 saturated carbocycles. The first-order chi connectivity index (χ1) is 12.6. The molecular weight excluding hydrogens is 370 g/mol. The lowest BCUT2D eigenvalue weighted by molar-refractivity contribution is -0.148. The molecule has 0 bridgehead atoms. The third-order valence-corrected chi connectivity index (χ3v) is 5.49. The first kappa shape index (κ1) is 18.2. The molecule has 3 rings (SSSR count). The van der Waals surface area contributed by atoms with E-state index in [0.29, 0.717) is 5.69 Å². The fourth-order valence-electron chi connectivity index (χ4n) is 2.25. The van der Waals surface area contributed by atoms with Crippen molar-refractivity contribution in [3.05, 3.63) is 58.0 Å². The van der Waals surface area contributed by atoms with Gasteiger partial charge in [-0.05, 0) is 30.5 Å². The SMILES string of the molecule is C[C@H](NC(=O)COC(=O)Cc1csc(-c2cccnc2)n1)c1cccs1. The van der Waals surface area contributed by atoms with Crippen molar-refractivity contribution in [3.63, 3.8) is 0 Å². The molecule has 1 atom stereocenters. The Bertz CT molecular complexity index is 863. The Morgan fingerprint density at radius 3 is 2.88 bits per heavy atom. The van der Waals surface area contributed by atoms with Crippen molar-refractivity contribution in [1.29, 1.82) is 0 Å². The van der Waals surface area contributed by atoms with Crippen LogP contribution in [-0.2, 0) is 20.7 Å². The monoisotopic (exact) mass is 387 g/mol. The number of esters is 1. The lowest BCUT2D eigenvalue weighted by atomic mass is 10.3. The largest absolute Gasteiger partial charge is 0.455 e. The number of hydrogen-bond acceptors (Lipinski definition) is 7. The van der Waals surface area contributed by atoms with Gasteiger partial charge in [-0.15, -0.1) is 22.7 Å². The van der Waals surface area contributed by atoms with Crippen LogP contribution >= 0.6 is 22.7 Å². The van der Waals surface area contributed by atoms with E-state index in [4.69, 9.17) is 4.74 Å². The van der Waals surface area contributed by atoms with Gasteiger partial charge in [-0.1, -0.05) is 6.07 Å². The van der Waals surface area contributed by atoms with Crippen molar-refractivity contribution >= 4 is 34.6 Å². The summed E-state index contributed by atoms with van der Waals surface area (Å²) in [6.07, 6.45) is 3.45. The average molecular weight is 387 g/mol. The zero-order valence-corrected chi connectivity index (χ0v) is 15.7. The summed E-state index contributed by atoms with van der Waals surface area (Å²) < 4.78 is 5.05. The number of carbonyl (C=O) groups is 2. The summed E-state index contributed by atoms with van der Waals surface area (Å²) in [6, 6.07) is 7.51. The summed E-state index contributed by atoms with van der Waals surface area (Å²) in [7, 11) is 0. The molecule has 3 aromatic rings. The molecule has 0 aliphatic carbocycles. The van der Waals surface area contributed by atoms with Crippen LogP contribution in [-0.4, -0.2) is 28.5 Å². The van der Waals surface area contributed by atoms with Gasteiger partial charge in [0.2, 0.25) is 0 Å². The summed E-state index contributed by atoms with van der Waals surface area (Å²) in [6.45, 7) is 1.59. The number of hydrogen-bond donors (Lipinski definition) is 1. The Hall–Kier alpha value is -2.58. The topological polar surface area (TPSA) is 81.2 Å². The van der Waals surface area contributed by atoms with Gasteiger partial charge in [0.15, 0.2) is 6.61 Å². The second-order valence-corrected chi connectivity index (χ2v) is 7.37. The summed E-state index contributed by atoms with van der Waals surface area (Å²) >= 11 is 3.00. The number of pyridine rings is 1. The highest BCUT2D eigenvalue weighted by Crippen LogP contribution is 2.23. The molecule has 0 aromatic carbocycles. The number of thiazole rings is 1. The van der Waals surface area contributed by atoms with Crippen molar-refractivity contribution in [2.45, 2.75) is 19.4 Å². The third kappa shape index (κ3) is 4.96. The van der Waals surface area contributed by atoms with E-state index >= 15 is 0 Å². The number of thiophene rings is 1. The van der Waals surface area contributed by atoms with E-state index in [1.165, 1.54) is 11.3 Å².